The Kier molecular flexibility index (Phi) is 6.69. The number of fused-ring (bicyclic) bond motifs is 6. The van der Waals surface area contributed by atoms with Gasteiger partial charge in [-0.15, -0.1) is 0 Å². The summed E-state index contributed by atoms with van der Waals surface area (Å²) in [6.07, 6.45) is 5.57. The van der Waals surface area contributed by atoms with Gasteiger partial charge in [0.15, 0.2) is 0 Å². The monoisotopic (exact) mass is 613 g/mol. The molecule has 230 valence electrons. The van der Waals surface area contributed by atoms with E-state index in [1.807, 2.05) is 59.5 Å². The SMILES string of the molecule is Cc1cc(C)c(-c2nc3c4cc(Oc5cccc(-n6cccn6)c5)ccc4c4cccnc4n3c2-c2c(C)cc(C)cc2C)c(C)c1. The maximum absolute atomic E-state index is 6.50. The van der Waals surface area contributed by atoms with Gasteiger partial charge in [0.1, 0.15) is 22.8 Å². The van der Waals surface area contributed by atoms with Crippen molar-refractivity contribution in [3.8, 4) is 39.7 Å². The molecule has 0 aliphatic heterocycles. The van der Waals surface area contributed by atoms with Gasteiger partial charge in [-0.1, -0.05) is 41.5 Å². The van der Waals surface area contributed by atoms with Crippen molar-refractivity contribution in [1.82, 2.24) is 24.1 Å². The van der Waals surface area contributed by atoms with E-state index in [2.05, 4.69) is 93.5 Å². The predicted molar refractivity (Wildman–Crippen MR) is 191 cm³/mol. The van der Waals surface area contributed by atoms with Crippen LogP contribution in [0.3, 0.4) is 0 Å². The Labute approximate surface area is 273 Å². The lowest BCUT2D eigenvalue weighted by molar-refractivity contribution is 0.483. The molecule has 0 N–H and O–H groups in total. The van der Waals surface area contributed by atoms with Crippen LogP contribution in [-0.2, 0) is 0 Å². The third-order valence-corrected chi connectivity index (χ3v) is 9.05. The summed E-state index contributed by atoms with van der Waals surface area (Å²) in [6.45, 7) is 13.1. The molecule has 4 aromatic heterocycles. The molecule has 0 bridgehead atoms. The Morgan fingerprint density at radius 3 is 1.98 bits per heavy atom. The van der Waals surface area contributed by atoms with Gasteiger partial charge < -0.3 is 4.74 Å². The Balaban J connectivity index is 1.45. The summed E-state index contributed by atoms with van der Waals surface area (Å²) in [4.78, 5) is 10.5. The number of nitrogens with zero attached hydrogens (tertiary/aromatic N) is 5. The lowest BCUT2D eigenvalue weighted by Crippen LogP contribution is -2.00. The fourth-order valence-electron chi connectivity index (χ4n) is 7.36. The second-order valence-corrected chi connectivity index (χ2v) is 12.6. The minimum Gasteiger partial charge on any atom is -0.457 e. The molecule has 6 heteroatoms. The highest BCUT2D eigenvalue weighted by Gasteiger charge is 2.25. The van der Waals surface area contributed by atoms with Crippen molar-refractivity contribution in [2.45, 2.75) is 41.5 Å². The van der Waals surface area contributed by atoms with Gasteiger partial charge >= 0.3 is 0 Å². The van der Waals surface area contributed by atoms with Gasteiger partial charge in [-0.25, -0.2) is 14.6 Å². The zero-order valence-electron chi connectivity index (χ0n) is 27.5. The molecule has 0 spiro atoms. The van der Waals surface area contributed by atoms with Crippen LogP contribution in [0.25, 0.3) is 55.7 Å². The van der Waals surface area contributed by atoms with Gasteiger partial charge in [-0.05, 0) is 118 Å². The molecule has 0 saturated carbocycles. The van der Waals surface area contributed by atoms with Gasteiger partial charge in [-0.2, -0.15) is 5.10 Å². The molecule has 4 aromatic carbocycles. The van der Waals surface area contributed by atoms with Crippen LogP contribution in [0.15, 0.2) is 104 Å². The molecule has 0 aliphatic carbocycles. The Bertz CT molecular complexity index is 2460. The van der Waals surface area contributed by atoms with Crippen molar-refractivity contribution >= 4 is 27.5 Å². The summed E-state index contributed by atoms with van der Waals surface area (Å²) in [5, 5.41) is 7.52. The van der Waals surface area contributed by atoms with E-state index >= 15 is 0 Å². The summed E-state index contributed by atoms with van der Waals surface area (Å²) in [6, 6.07) is 29.3. The van der Waals surface area contributed by atoms with Crippen LogP contribution in [0.2, 0.25) is 0 Å². The van der Waals surface area contributed by atoms with Crippen molar-refractivity contribution in [3.63, 3.8) is 0 Å². The van der Waals surface area contributed by atoms with Crippen molar-refractivity contribution in [3.05, 3.63) is 137 Å². The van der Waals surface area contributed by atoms with Gasteiger partial charge in [0.2, 0.25) is 0 Å². The molecule has 47 heavy (non-hydrogen) atoms. The normalized spacial score (nSPS) is 11.6. The van der Waals surface area contributed by atoms with E-state index < -0.39 is 0 Å². The molecule has 0 aliphatic rings. The molecule has 0 atom stereocenters. The van der Waals surface area contributed by atoms with Crippen LogP contribution >= 0.6 is 0 Å². The Morgan fingerprint density at radius 1 is 0.574 bits per heavy atom. The topological polar surface area (TPSA) is 57.2 Å². The first-order valence-electron chi connectivity index (χ1n) is 15.9. The second-order valence-electron chi connectivity index (χ2n) is 12.6. The van der Waals surface area contributed by atoms with E-state index in [-0.39, 0.29) is 0 Å². The number of rotatable bonds is 5. The molecule has 0 radical (unpaired) electrons. The van der Waals surface area contributed by atoms with Gasteiger partial charge in [0.05, 0.1) is 17.1 Å². The first kappa shape index (κ1) is 28.7. The van der Waals surface area contributed by atoms with Crippen LogP contribution < -0.4 is 4.74 Å². The van der Waals surface area contributed by atoms with Gasteiger partial charge in [0.25, 0.3) is 0 Å². The smallest absolute Gasteiger partial charge is 0.147 e. The molecule has 8 rings (SSSR count). The average molecular weight is 614 g/mol. The maximum Gasteiger partial charge on any atom is 0.147 e. The Morgan fingerprint density at radius 2 is 1.28 bits per heavy atom. The number of aryl methyl sites for hydroxylation is 6. The highest BCUT2D eigenvalue weighted by molar-refractivity contribution is 6.13. The van der Waals surface area contributed by atoms with Gasteiger partial charge in [0, 0.05) is 46.6 Å². The first-order chi connectivity index (χ1) is 22.8. The molecule has 0 unspecified atom stereocenters. The lowest BCUT2D eigenvalue weighted by Gasteiger charge is -2.17. The maximum atomic E-state index is 6.50. The predicted octanol–water partition coefficient (Wildman–Crippen LogP) is 10.2. The number of hydrogen-bond acceptors (Lipinski definition) is 4. The van der Waals surface area contributed by atoms with E-state index in [1.165, 1.54) is 38.9 Å². The zero-order valence-corrected chi connectivity index (χ0v) is 27.5. The fourth-order valence-corrected chi connectivity index (χ4v) is 7.36. The number of hydrogen-bond donors (Lipinski definition) is 0. The Hall–Kier alpha value is -5.75. The number of pyridine rings is 2. The second kappa shape index (κ2) is 11.0. The van der Waals surface area contributed by atoms with Crippen LogP contribution in [-0.4, -0.2) is 24.1 Å². The standard InChI is InChI=1S/C41H35N5O/c1-24-18-26(3)36(27(4)19-24)38-39(37-28(5)20-25(2)21-29(37)6)46-40-34(12-8-15-42-40)33-14-13-32(23-35(33)41(46)44-38)47-31-11-7-10-30(22-31)45-17-9-16-43-45/h7-23H,1-6H3. The highest BCUT2D eigenvalue weighted by Crippen LogP contribution is 2.43. The quantitative estimate of drug-likeness (QED) is 0.181. The molecule has 0 amide bonds. The van der Waals surface area contributed by atoms with Gasteiger partial charge in [-0.3, -0.25) is 4.40 Å². The number of benzene rings is 4. The van der Waals surface area contributed by atoms with Crippen LogP contribution in [0.4, 0.5) is 0 Å². The van der Waals surface area contributed by atoms with Crippen LogP contribution in [0.5, 0.6) is 11.5 Å². The van der Waals surface area contributed by atoms with E-state index in [9.17, 15) is 0 Å². The van der Waals surface area contributed by atoms with Crippen molar-refractivity contribution in [2.75, 3.05) is 0 Å². The minimum absolute atomic E-state index is 0.733. The molecule has 8 aromatic rings. The third-order valence-electron chi connectivity index (χ3n) is 9.05. The molecule has 0 saturated heterocycles. The molecular formula is C41H35N5O. The summed E-state index contributed by atoms with van der Waals surface area (Å²) < 4.78 is 10.6. The fraction of sp³-hybridized carbons (Fsp3) is 0.146. The van der Waals surface area contributed by atoms with Crippen molar-refractivity contribution in [1.29, 1.82) is 0 Å². The highest BCUT2D eigenvalue weighted by atomic mass is 16.5. The summed E-state index contributed by atoms with van der Waals surface area (Å²) >= 11 is 0. The van der Waals surface area contributed by atoms with Crippen molar-refractivity contribution < 1.29 is 4.74 Å². The summed E-state index contributed by atoms with van der Waals surface area (Å²) in [5.74, 6) is 1.47. The van der Waals surface area contributed by atoms with E-state index in [0.29, 0.717) is 0 Å². The van der Waals surface area contributed by atoms with Crippen molar-refractivity contribution in [2.24, 2.45) is 0 Å². The van der Waals surface area contributed by atoms with Crippen LogP contribution in [0.1, 0.15) is 33.4 Å². The third kappa shape index (κ3) is 4.76. The van der Waals surface area contributed by atoms with E-state index in [1.54, 1.807) is 6.20 Å². The van der Waals surface area contributed by atoms with E-state index in [4.69, 9.17) is 14.7 Å². The van der Waals surface area contributed by atoms with Crippen LogP contribution in [0, 0.1) is 41.5 Å². The first-order valence-corrected chi connectivity index (χ1v) is 15.9. The van der Waals surface area contributed by atoms with E-state index in [0.717, 1.165) is 61.6 Å². The molecular weight excluding hydrogens is 578 g/mol. The average Bonchev–Trinajstić information content (AvgIpc) is 3.70. The zero-order chi connectivity index (χ0) is 32.4. The minimum atomic E-state index is 0.733. The largest absolute Gasteiger partial charge is 0.457 e. The molecule has 0 fully saturated rings. The number of imidazole rings is 1. The molecule has 4 heterocycles. The summed E-state index contributed by atoms with van der Waals surface area (Å²) in [7, 11) is 0. The number of ether oxygens (including phenoxy) is 1. The summed E-state index contributed by atoms with van der Waals surface area (Å²) in [5.41, 5.74) is 14.4. The lowest BCUT2D eigenvalue weighted by atomic mass is 9.91. The number of aromatic nitrogens is 5. The molecule has 6 nitrogen and oxygen atoms in total.